The average Bonchev–Trinajstić information content (AvgIpc) is 3.21. The fourth-order valence-electron chi connectivity index (χ4n) is 1.51. The van der Waals surface area contributed by atoms with Gasteiger partial charge in [0.1, 0.15) is 0 Å². The van der Waals surface area contributed by atoms with E-state index in [0.29, 0.717) is 0 Å². The fourth-order valence-corrected chi connectivity index (χ4v) is 1.51. The second-order valence-corrected chi connectivity index (χ2v) is 2.62. The Labute approximate surface area is 152 Å². The molecule has 0 heteroatoms. The summed E-state index contributed by atoms with van der Waals surface area (Å²) in [6.45, 7) is 28.0. The first-order chi connectivity index (χ1) is 11.5. The van der Waals surface area contributed by atoms with Crippen LogP contribution in [0.1, 0.15) is 114 Å². The van der Waals surface area contributed by atoms with Crippen LogP contribution >= 0.6 is 0 Å². The molecule has 0 saturated carbocycles. The van der Waals surface area contributed by atoms with Crippen LogP contribution in [0.3, 0.4) is 0 Å². The van der Waals surface area contributed by atoms with Gasteiger partial charge in [0.2, 0.25) is 0 Å². The van der Waals surface area contributed by atoms with Crippen LogP contribution in [-0.4, -0.2) is 0 Å². The Kier molecular flexibility index (Phi) is 96.1. The second-order valence-electron chi connectivity index (χ2n) is 2.62. The molecule has 0 N–H and O–H groups in total. The monoisotopic (exact) mass is 328 g/mol. The lowest BCUT2D eigenvalue weighted by Gasteiger charge is -1.93. The summed E-state index contributed by atoms with van der Waals surface area (Å²) in [5.74, 6) is 0. The van der Waals surface area contributed by atoms with Gasteiger partial charge >= 0.3 is 0 Å². The third-order valence-electron chi connectivity index (χ3n) is 2.01. The first-order valence-electron chi connectivity index (χ1n) is 10.5. The highest BCUT2D eigenvalue weighted by Crippen LogP contribution is 2.20. The predicted molar refractivity (Wildman–Crippen MR) is 118 cm³/mol. The van der Waals surface area contributed by atoms with Crippen LogP contribution in [-0.2, 0) is 12.8 Å². The molecule has 0 fully saturated rings. The Bertz CT molecular complexity index is 190. The van der Waals surface area contributed by atoms with Gasteiger partial charge in [-0.15, -0.1) is 0 Å². The molecule has 23 heavy (non-hydrogen) atoms. The quantitative estimate of drug-likeness (QED) is 0.445. The van der Waals surface area contributed by atoms with E-state index in [4.69, 9.17) is 0 Å². The minimum atomic E-state index is 1.30. The third kappa shape index (κ3) is 29.8. The largest absolute Gasteiger partial charge is 0.0683 e. The highest BCUT2D eigenvalue weighted by atomic mass is 14.1. The number of fused-ring (bicyclic) bond motifs is 1. The Hall–Kier alpha value is -0.780. The van der Waals surface area contributed by atoms with E-state index in [-0.39, 0.29) is 0 Å². The van der Waals surface area contributed by atoms with Gasteiger partial charge in [-0.1, -0.05) is 121 Å². The number of benzene rings is 1. The molecule has 0 heterocycles. The van der Waals surface area contributed by atoms with Crippen molar-refractivity contribution in [3.63, 3.8) is 0 Å². The maximum atomic E-state index is 2.24. The molecule has 144 valence electrons. The highest BCUT2D eigenvalue weighted by Gasteiger charge is 2.07. The summed E-state index contributed by atoms with van der Waals surface area (Å²) in [7, 11) is 0. The van der Waals surface area contributed by atoms with Gasteiger partial charge < -0.3 is 0 Å². The zero-order valence-corrected chi connectivity index (χ0v) is 19.4. The van der Waals surface area contributed by atoms with Gasteiger partial charge in [0.25, 0.3) is 0 Å². The number of rotatable bonds is 0. The van der Waals surface area contributed by atoms with Gasteiger partial charge in [0.05, 0.1) is 0 Å². The topological polar surface area (TPSA) is 0 Å². The zero-order valence-electron chi connectivity index (χ0n) is 19.4. The van der Waals surface area contributed by atoms with E-state index in [9.17, 15) is 0 Å². The summed E-state index contributed by atoms with van der Waals surface area (Å²) >= 11 is 0. The van der Waals surface area contributed by atoms with Crippen LogP contribution in [0.2, 0.25) is 0 Å². The van der Waals surface area contributed by atoms with Gasteiger partial charge in [-0.2, -0.15) is 0 Å². The lowest BCUT2D eigenvalue weighted by Crippen LogP contribution is -1.77. The fraction of sp³-hybridized carbons (Fsp3) is 0.739. The molecule has 0 nitrogen and oxygen atoms in total. The second kappa shape index (κ2) is 58.1. The molecule has 0 amide bonds. The molecular weight excluding hydrogens is 276 g/mol. The summed E-state index contributed by atoms with van der Waals surface area (Å²) in [6.07, 6.45) is 3.96. The van der Waals surface area contributed by atoms with E-state index in [1.807, 2.05) is 96.9 Å². The summed E-state index contributed by atoms with van der Waals surface area (Å²) in [4.78, 5) is 0. The normalized spacial score (nSPS) is 7.91. The molecule has 0 spiro atoms. The molecule has 0 aromatic heterocycles. The van der Waals surface area contributed by atoms with Crippen molar-refractivity contribution in [2.24, 2.45) is 0 Å². The molecule has 1 aromatic carbocycles. The summed E-state index contributed by atoms with van der Waals surface area (Å²) in [6, 6.07) is 8.74. The summed E-state index contributed by atoms with van der Waals surface area (Å²) < 4.78 is 0. The van der Waals surface area contributed by atoms with E-state index in [1.54, 1.807) is 11.1 Å². The molecule has 0 saturated heterocycles. The van der Waals surface area contributed by atoms with Crippen molar-refractivity contribution < 1.29 is 0 Å². The van der Waals surface area contributed by atoms with Crippen LogP contribution in [0, 0.1) is 0 Å². The van der Waals surface area contributed by atoms with Crippen molar-refractivity contribution >= 4 is 0 Å². The number of hydrogen-bond acceptors (Lipinski definition) is 0. The van der Waals surface area contributed by atoms with E-state index < -0.39 is 0 Å². The van der Waals surface area contributed by atoms with Crippen molar-refractivity contribution in [2.45, 2.75) is 116 Å². The van der Waals surface area contributed by atoms with Crippen LogP contribution < -0.4 is 0 Å². The van der Waals surface area contributed by atoms with Gasteiger partial charge in [-0.25, -0.2) is 0 Å². The first kappa shape index (κ1) is 38.0. The maximum absolute atomic E-state index is 2.24. The van der Waals surface area contributed by atoms with E-state index >= 15 is 0 Å². The Morgan fingerprint density at radius 2 is 0.652 bits per heavy atom. The molecule has 1 aliphatic carbocycles. The number of hydrogen-bond donors (Lipinski definition) is 0. The number of aryl methyl sites for hydroxylation is 2. The summed E-state index contributed by atoms with van der Waals surface area (Å²) in [5.41, 5.74) is 3.13. The predicted octanol–water partition coefficient (Wildman–Crippen LogP) is 9.36. The van der Waals surface area contributed by atoms with Crippen molar-refractivity contribution in [3.8, 4) is 0 Å². The molecule has 0 bridgehead atoms. The zero-order chi connectivity index (χ0) is 20.1. The molecule has 2 rings (SSSR count). The van der Waals surface area contributed by atoms with Gasteiger partial charge in [-0.3, -0.25) is 0 Å². The van der Waals surface area contributed by atoms with Crippen LogP contribution in [0.4, 0.5) is 0 Å². The Balaban J connectivity index is -0.0000000445. The van der Waals surface area contributed by atoms with Crippen LogP contribution in [0.15, 0.2) is 24.3 Å². The van der Waals surface area contributed by atoms with Gasteiger partial charge in [0, 0.05) is 0 Å². The smallest absolute Gasteiger partial charge is 0.0273 e. The lowest BCUT2D eigenvalue weighted by atomic mass is 10.1. The Morgan fingerprint density at radius 3 is 0.870 bits per heavy atom. The molecule has 0 radical (unpaired) electrons. The van der Waals surface area contributed by atoms with E-state index in [1.165, 1.54) is 19.3 Å². The Morgan fingerprint density at radius 1 is 0.435 bits per heavy atom. The lowest BCUT2D eigenvalue weighted by molar-refractivity contribution is 0.912. The van der Waals surface area contributed by atoms with Crippen molar-refractivity contribution in [1.82, 2.24) is 0 Å². The molecule has 0 atom stereocenters. The molecular formula is C23H52. The van der Waals surface area contributed by atoms with Crippen LogP contribution in [0.25, 0.3) is 0 Å². The maximum Gasteiger partial charge on any atom is -0.0273 e. The SMILES string of the molecule is CC.CC.CC.CC.CC.CC.CC.c1ccc2c(c1)CCC2. The highest BCUT2D eigenvalue weighted by molar-refractivity contribution is 5.30. The van der Waals surface area contributed by atoms with Crippen molar-refractivity contribution in [3.05, 3.63) is 35.4 Å². The van der Waals surface area contributed by atoms with Gasteiger partial charge in [0.15, 0.2) is 0 Å². The van der Waals surface area contributed by atoms with Crippen molar-refractivity contribution in [1.29, 1.82) is 0 Å². The minimum absolute atomic E-state index is 1.30. The first-order valence-corrected chi connectivity index (χ1v) is 10.5. The van der Waals surface area contributed by atoms with E-state index in [0.717, 1.165) is 0 Å². The molecule has 0 unspecified atom stereocenters. The summed E-state index contributed by atoms with van der Waals surface area (Å²) in [5, 5.41) is 0. The van der Waals surface area contributed by atoms with Crippen molar-refractivity contribution in [2.75, 3.05) is 0 Å². The standard InChI is InChI=1S/C9H10.7C2H6/c1-2-5-9-7-3-6-8(9)4-1;7*1-2/h1-2,4-5H,3,6-7H2;7*1-2H3. The molecule has 0 aliphatic heterocycles. The molecule has 1 aromatic rings. The van der Waals surface area contributed by atoms with Gasteiger partial charge in [-0.05, 0) is 30.4 Å². The third-order valence-corrected chi connectivity index (χ3v) is 2.01. The van der Waals surface area contributed by atoms with E-state index in [2.05, 4.69) is 24.3 Å². The molecule has 1 aliphatic rings. The van der Waals surface area contributed by atoms with Crippen LogP contribution in [0.5, 0.6) is 0 Å². The minimum Gasteiger partial charge on any atom is -0.0683 e. The average molecular weight is 329 g/mol.